The molecule has 1 aliphatic rings. The molecule has 2 heterocycles. The summed E-state index contributed by atoms with van der Waals surface area (Å²) < 4.78 is 40.4. The van der Waals surface area contributed by atoms with E-state index in [4.69, 9.17) is 11.7 Å². The van der Waals surface area contributed by atoms with Crippen LogP contribution in [-0.4, -0.2) is 58.6 Å². The predicted molar refractivity (Wildman–Crippen MR) is 121 cm³/mol. The number of phenols is 1. The third kappa shape index (κ3) is 5.85. The van der Waals surface area contributed by atoms with E-state index >= 15 is 0 Å². The smallest absolute Gasteiger partial charge is 0.419 e. The number of unbranched alkanes of at least 4 members (excludes halogenated alkanes) is 1. The highest BCUT2D eigenvalue weighted by Crippen LogP contribution is 2.36. The summed E-state index contributed by atoms with van der Waals surface area (Å²) in [6.45, 7) is 4.10. The number of nitrogens with zero attached hydrogens (tertiary/aromatic N) is 5. The molecule has 0 spiro atoms. The molecule has 0 radical (unpaired) electrons. The predicted octanol–water partition coefficient (Wildman–Crippen LogP) is 2.92. The average Bonchev–Trinajstić information content (AvgIpc) is 2.80. The van der Waals surface area contributed by atoms with Crippen molar-refractivity contribution >= 4 is 11.7 Å². The first-order valence-electron chi connectivity index (χ1n) is 10.9. The maximum Gasteiger partial charge on any atom is 0.419 e. The highest BCUT2D eigenvalue weighted by molar-refractivity contribution is 5.88. The molecule has 0 bridgehead atoms. The van der Waals surface area contributed by atoms with Gasteiger partial charge in [0.2, 0.25) is 0 Å². The van der Waals surface area contributed by atoms with Crippen LogP contribution in [0, 0.1) is 0 Å². The Morgan fingerprint density at radius 1 is 1.21 bits per heavy atom. The van der Waals surface area contributed by atoms with Crippen molar-refractivity contribution in [2.75, 3.05) is 37.6 Å². The second-order valence-corrected chi connectivity index (χ2v) is 7.93. The van der Waals surface area contributed by atoms with Crippen LogP contribution in [0.5, 0.6) is 5.75 Å². The van der Waals surface area contributed by atoms with Crippen molar-refractivity contribution < 1.29 is 18.3 Å². The Morgan fingerprint density at radius 3 is 2.55 bits per heavy atom. The van der Waals surface area contributed by atoms with Gasteiger partial charge in [0.25, 0.3) is 0 Å². The first-order valence-corrected chi connectivity index (χ1v) is 10.9. The summed E-state index contributed by atoms with van der Waals surface area (Å²) in [7, 11) is 0. The van der Waals surface area contributed by atoms with Crippen molar-refractivity contribution in [2.45, 2.75) is 32.0 Å². The van der Waals surface area contributed by atoms with Crippen molar-refractivity contribution in [3.05, 3.63) is 53.7 Å². The highest BCUT2D eigenvalue weighted by Gasteiger charge is 2.37. The number of rotatable bonds is 7. The molecule has 1 aromatic carbocycles. The number of aromatic hydroxyl groups is 1. The molecule has 33 heavy (non-hydrogen) atoms. The van der Waals surface area contributed by atoms with E-state index in [1.165, 1.54) is 17.3 Å². The van der Waals surface area contributed by atoms with Crippen LogP contribution in [-0.2, 0) is 6.18 Å². The summed E-state index contributed by atoms with van der Waals surface area (Å²) in [4.78, 5) is 7.69. The van der Waals surface area contributed by atoms with E-state index < -0.39 is 17.8 Å². The van der Waals surface area contributed by atoms with Gasteiger partial charge in [-0.1, -0.05) is 25.5 Å². The number of halogens is 3. The second kappa shape index (κ2) is 10.7. The topological polar surface area (TPSA) is 107 Å². The number of hydrazine groups is 1. The van der Waals surface area contributed by atoms with Gasteiger partial charge in [-0.25, -0.2) is 10.8 Å². The van der Waals surface area contributed by atoms with Crippen LogP contribution in [0.25, 0.3) is 0 Å². The van der Waals surface area contributed by atoms with Crippen LogP contribution in [0.3, 0.4) is 0 Å². The molecule has 1 saturated heterocycles. The molecule has 8 nitrogen and oxygen atoms in total. The molecular weight excluding hydrogens is 435 g/mol. The molecule has 2 aromatic rings. The van der Waals surface area contributed by atoms with Gasteiger partial charge in [0.05, 0.1) is 11.6 Å². The lowest BCUT2D eigenvalue weighted by atomic mass is 10.0. The zero-order chi connectivity index (χ0) is 24.0. The van der Waals surface area contributed by atoms with Crippen molar-refractivity contribution in [3.8, 4) is 5.75 Å². The lowest BCUT2D eigenvalue weighted by Gasteiger charge is -2.41. The molecule has 1 atom stereocenters. The number of amidine groups is 1. The molecule has 180 valence electrons. The number of hydrogen-bond donors (Lipinski definition) is 3. The Hall–Kier alpha value is -3.05. The molecule has 1 aromatic heterocycles. The number of anilines is 1. The molecule has 3 rings (SSSR count). The minimum atomic E-state index is -4.48. The van der Waals surface area contributed by atoms with E-state index in [0.29, 0.717) is 38.6 Å². The summed E-state index contributed by atoms with van der Waals surface area (Å²) in [6.07, 6.45) is -1.34. The summed E-state index contributed by atoms with van der Waals surface area (Å²) in [5.41, 5.74) is -0.00620. The zero-order valence-electron chi connectivity index (χ0n) is 18.5. The maximum absolute atomic E-state index is 13.5. The van der Waals surface area contributed by atoms with Gasteiger partial charge in [-0.05, 0) is 36.2 Å². The Balaban J connectivity index is 1.86. The van der Waals surface area contributed by atoms with Gasteiger partial charge in [0, 0.05) is 38.9 Å². The van der Waals surface area contributed by atoms with E-state index in [1.54, 1.807) is 23.1 Å². The minimum Gasteiger partial charge on any atom is -0.508 e. The van der Waals surface area contributed by atoms with Crippen LogP contribution in [0.1, 0.15) is 36.9 Å². The van der Waals surface area contributed by atoms with Crippen molar-refractivity contribution in [1.82, 2.24) is 14.9 Å². The number of hydrazone groups is 1. The number of phenolic OH excluding ortho intramolecular Hbond substituents is 1. The highest BCUT2D eigenvalue weighted by atomic mass is 19.4. The summed E-state index contributed by atoms with van der Waals surface area (Å²) in [5, 5.41) is 15.5. The molecular formula is C22H30F3N7O. The maximum atomic E-state index is 13.5. The van der Waals surface area contributed by atoms with Gasteiger partial charge in [0.15, 0.2) is 5.84 Å². The van der Waals surface area contributed by atoms with E-state index in [-0.39, 0.29) is 11.6 Å². The van der Waals surface area contributed by atoms with Crippen LogP contribution in [0.4, 0.5) is 19.0 Å². The van der Waals surface area contributed by atoms with Crippen LogP contribution in [0.15, 0.2) is 47.7 Å². The van der Waals surface area contributed by atoms with Gasteiger partial charge in [0.1, 0.15) is 11.6 Å². The quantitative estimate of drug-likeness (QED) is 0.250. The summed E-state index contributed by atoms with van der Waals surface area (Å²) >= 11 is 0. The molecule has 1 aliphatic heterocycles. The Bertz CT molecular complexity index is 946. The van der Waals surface area contributed by atoms with Gasteiger partial charge in [-0.2, -0.15) is 18.3 Å². The third-order valence-electron chi connectivity index (χ3n) is 5.68. The number of hydrogen-bond acceptors (Lipinski definition) is 7. The monoisotopic (exact) mass is 465 g/mol. The van der Waals surface area contributed by atoms with Crippen molar-refractivity contribution in [1.29, 1.82) is 0 Å². The first kappa shape index (κ1) is 24.6. The number of piperazine rings is 1. The van der Waals surface area contributed by atoms with Gasteiger partial charge >= 0.3 is 6.18 Å². The van der Waals surface area contributed by atoms with Crippen LogP contribution < -0.4 is 16.6 Å². The Labute approximate surface area is 191 Å². The number of benzene rings is 1. The average molecular weight is 466 g/mol. The minimum absolute atomic E-state index is 0.0744. The van der Waals surface area contributed by atoms with E-state index in [0.717, 1.165) is 24.5 Å². The van der Waals surface area contributed by atoms with Gasteiger partial charge in [-0.3, -0.25) is 9.91 Å². The number of aromatic nitrogens is 1. The van der Waals surface area contributed by atoms with Crippen LogP contribution >= 0.6 is 0 Å². The molecule has 0 aliphatic carbocycles. The van der Waals surface area contributed by atoms with Crippen LogP contribution in [0.2, 0.25) is 0 Å². The fourth-order valence-corrected chi connectivity index (χ4v) is 4.03. The zero-order valence-corrected chi connectivity index (χ0v) is 18.5. The standard InChI is InChI=1S/C22H30F3N7O/c1-2-3-10-32(27)21(29-26)19(16-6-4-7-17(33)15-16)30-11-13-31(14-12-30)20-18(22(23,24)25)8-5-9-28-20/h4-9,15,19,33H,2-3,10-14,26-27H2,1H3/b29-21-. The normalized spacial score (nSPS) is 16.6. The fourth-order valence-electron chi connectivity index (χ4n) is 4.03. The van der Waals surface area contributed by atoms with Gasteiger partial charge < -0.3 is 15.8 Å². The van der Waals surface area contributed by atoms with E-state index in [1.807, 2.05) is 13.0 Å². The lowest BCUT2D eigenvalue weighted by molar-refractivity contribution is -0.137. The van der Waals surface area contributed by atoms with Crippen molar-refractivity contribution in [3.63, 3.8) is 0 Å². The van der Waals surface area contributed by atoms with Gasteiger partial charge in [-0.15, -0.1) is 0 Å². The summed E-state index contributed by atoms with van der Waals surface area (Å²) in [6, 6.07) is 8.62. The Morgan fingerprint density at radius 2 is 1.94 bits per heavy atom. The fraction of sp³-hybridized carbons (Fsp3) is 0.455. The van der Waals surface area contributed by atoms with E-state index in [9.17, 15) is 18.3 Å². The van der Waals surface area contributed by atoms with E-state index in [2.05, 4.69) is 15.0 Å². The number of pyridine rings is 1. The van der Waals surface area contributed by atoms with Crippen molar-refractivity contribution in [2.24, 2.45) is 16.8 Å². The molecule has 11 heteroatoms. The number of alkyl halides is 3. The summed E-state index contributed by atoms with van der Waals surface area (Å²) in [5.74, 6) is 12.5. The Kier molecular flexibility index (Phi) is 7.98. The first-order chi connectivity index (χ1) is 15.8. The molecule has 5 N–H and O–H groups in total. The molecule has 0 amide bonds. The lowest BCUT2D eigenvalue weighted by Crippen LogP contribution is -2.53. The number of nitrogens with two attached hydrogens (primary N) is 2. The molecule has 1 unspecified atom stereocenters. The largest absolute Gasteiger partial charge is 0.508 e. The molecule has 0 saturated carbocycles. The molecule has 1 fully saturated rings. The SMILES string of the molecule is CCCCN(N)/C(=N\N)C(c1cccc(O)c1)N1CCN(c2ncccc2C(F)(F)F)CC1. The third-order valence-corrected chi connectivity index (χ3v) is 5.68. The second-order valence-electron chi connectivity index (χ2n) is 7.93.